The number of aryl methyl sites for hydroxylation is 2. The van der Waals surface area contributed by atoms with E-state index in [0.717, 1.165) is 17.1 Å². The fourth-order valence-corrected chi connectivity index (χ4v) is 2.12. The summed E-state index contributed by atoms with van der Waals surface area (Å²) in [4.78, 5) is 20.6. The standard InChI is InChI=1S/C17H22N4O3/c1-12-11-13(2)20-17(19-12)21-15-5-3-14(4-6-15)16(23)18-7-9-24-10-8-22/h3-6,11,22H,7-10H2,1-2H3,(H,18,23)(H,19,20,21). The van der Waals surface area contributed by atoms with Crippen molar-refractivity contribution >= 4 is 17.5 Å². The van der Waals surface area contributed by atoms with Gasteiger partial charge >= 0.3 is 0 Å². The number of hydrogen-bond donors (Lipinski definition) is 3. The lowest BCUT2D eigenvalue weighted by Gasteiger charge is -2.08. The second-order valence-electron chi connectivity index (χ2n) is 5.27. The molecule has 3 N–H and O–H groups in total. The molecule has 1 amide bonds. The molecule has 0 atom stereocenters. The predicted molar refractivity (Wildman–Crippen MR) is 91.5 cm³/mol. The van der Waals surface area contributed by atoms with Crippen molar-refractivity contribution in [1.82, 2.24) is 15.3 Å². The summed E-state index contributed by atoms with van der Waals surface area (Å²) in [5.41, 5.74) is 3.15. The van der Waals surface area contributed by atoms with E-state index in [1.165, 1.54) is 0 Å². The van der Waals surface area contributed by atoms with Gasteiger partial charge in [0.05, 0.1) is 19.8 Å². The maximum Gasteiger partial charge on any atom is 0.251 e. The van der Waals surface area contributed by atoms with Crippen molar-refractivity contribution in [2.45, 2.75) is 13.8 Å². The van der Waals surface area contributed by atoms with Crippen LogP contribution in [0.4, 0.5) is 11.6 Å². The molecule has 7 nitrogen and oxygen atoms in total. The van der Waals surface area contributed by atoms with Gasteiger partial charge in [0, 0.05) is 29.2 Å². The fourth-order valence-electron chi connectivity index (χ4n) is 2.12. The highest BCUT2D eigenvalue weighted by molar-refractivity contribution is 5.94. The van der Waals surface area contributed by atoms with E-state index < -0.39 is 0 Å². The van der Waals surface area contributed by atoms with Crippen LogP contribution in [0.5, 0.6) is 0 Å². The Morgan fingerprint density at radius 1 is 1.12 bits per heavy atom. The molecule has 1 aromatic carbocycles. The third kappa shape index (κ3) is 5.60. The third-order valence-corrected chi connectivity index (χ3v) is 3.15. The van der Waals surface area contributed by atoms with E-state index in [9.17, 15) is 4.79 Å². The summed E-state index contributed by atoms with van der Waals surface area (Å²) in [5, 5.41) is 14.5. The molecule has 0 unspecified atom stereocenters. The second-order valence-corrected chi connectivity index (χ2v) is 5.27. The molecule has 0 bridgehead atoms. The van der Waals surface area contributed by atoms with Crippen LogP contribution in [0, 0.1) is 13.8 Å². The zero-order chi connectivity index (χ0) is 17.4. The predicted octanol–water partition coefficient (Wildman–Crippen LogP) is 1.58. The summed E-state index contributed by atoms with van der Waals surface area (Å²) in [6.07, 6.45) is 0. The van der Waals surface area contributed by atoms with Gasteiger partial charge in [0.15, 0.2) is 0 Å². The van der Waals surface area contributed by atoms with E-state index in [0.29, 0.717) is 24.7 Å². The number of ether oxygens (including phenoxy) is 1. The first-order valence-electron chi connectivity index (χ1n) is 7.74. The second kappa shape index (κ2) is 8.95. The highest BCUT2D eigenvalue weighted by atomic mass is 16.5. The SMILES string of the molecule is Cc1cc(C)nc(Nc2ccc(C(=O)NCCOCCO)cc2)n1. The van der Waals surface area contributed by atoms with Crippen LogP contribution in [0.25, 0.3) is 0 Å². The molecule has 1 heterocycles. The molecule has 128 valence electrons. The number of nitrogens with one attached hydrogen (secondary N) is 2. The Labute approximate surface area is 141 Å². The Morgan fingerprint density at radius 2 is 1.79 bits per heavy atom. The van der Waals surface area contributed by atoms with Gasteiger partial charge < -0.3 is 20.5 Å². The van der Waals surface area contributed by atoms with Crippen molar-refractivity contribution in [3.63, 3.8) is 0 Å². The van der Waals surface area contributed by atoms with Gasteiger partial charge in [0.25, 0.3) is 5.91 Å². The van der Waals surface area contributed by atoms with Crippen molar-refractivity contribution in [3.05, 3.63) is 47.3 Å². The van der Waals surface area contributed by atoms with Crippen molar-refractivity contribution in [2.75, 3.05) is 31.7 Å². The number of rotatable bonds is 8. The van der Waals surface area contributed by atoms with E-state index in [-0.39, 0.29) is 19.1 Å². The summed E-state index contributed by atoms with van der Waals surface area (Å²) in [6, 6.07) is 8.98. The Bertz CT molecular complexity index is 654. The van der Waals surface area contributed by atoms with Crippen LogP contribution >= 0.6 is 0 Å². The minimum Gasteiger partial charge on any atom is -0.394 e. The number of carbonyl (C=O) groups excluding carboxylic acids is 1. The van der Waals surface area contributed by atoms with Crippen LogP contribution in [0.15, 0.2) is 30.3 Å². The number of anilines is 2. The number of benzene rings is 1. The maximum absolute atomic E-state index is 12.0. The van der Waals surface area contributed by atoms with E-state index in [1.54, 1.807) is 24.3 Å². The molecule has 1 aromatic heterocycles. The monoisotopic (exact) mass is 330 g/mol. The molecule has 24 heavy (non-hydrogen) atoms. The van der Waals surface area contributed by atoms with Crippen molar-refractivity contribution in [1.29, 1.82) is 0 Å². The number of hydrogen-bond acceptors (Lipinski definition) is 6. The molecule has 0 saturated heterocycles. The number of carbonyl (C=O) groups is 1. The van der Waals surface area contributed by atoms with Gasteiger partial charge in [0.1, 0.15) is 0 Å². The molecule has 0 fully saturated rings. The maximum atomic E-state index is 12.0. The van der Waals surface area contributed by atoms with Gasteiger partial charge in [-0.3, -0.25) is 4.79 Å². The van der Waals surface area contributed by atoms with E-state index in [2.05, 4.69) is 20.6 Å². The number of amides is 1. The Morgan fingerprint density at radius 3 is 2.42 bits per heavy atom. The van der Waals surface area contributed by atoms with Gasteiger partial charge in [-0.15, -0.1) is 0 Å². The smallest absolute Gasteiger partial charge is 0.251 e. The first-order valence-corrected chi connectivity index (χ1v) is 7.74. The van der Waals surface area contributed by atoms with Crippen LogP contribution in [0.2, 0.25) is 0 Å². The lowest BCUT2D eigenvalue weighted by molar-refractivity contribution is 0.0838. The van der Waals surface area contributed by atoms with Crippen molar-refractivity contribution in [3.8, 4) is 0 Å². The van der Waals surface area contributed by atoms with Crippen LogP contribution in [0.1, 0.15) is 21.7 Å². The number of aliphatic hydroxyl groups excluding tert-OH is 1. The summed E-state index contributed by atoms with van der Waals surface area (Å²) in [5.74, 6) is 0.363. The van der Waals surface area contributed by atoms with Gasteiger partial charge in [-0.25, -0.2) is 9.97 Å². The molecule has 2 rings (SSSR count). The van der Waals surface area contributed by atoms with E-state index in [4.69, 9.17) is 9.84 Å². The van der Waals surface area contributed by atoms with E-state index in [1.807, 2.05) is 19.9 Å². The number of aliphatic hydroxyl groups is 1. The summed E-state index contributed by atoms with van der Waals surface area (Å²) in [6.45, 7) is 4.85. The Balaban J connectivity index is 1.89. The highest BCUT2D eigenvalue weighted by Crippen LogP contribution is 2.14. The quantitative estimate of drug-likeness (QED) is 0.636. The molecule has 7 heteroatoms. The van der Waals surface area contributed by atoms with Gasteiger partial charge in [0.2, 0.25) is 5.95 Å². The average Bonchev–Trinajstić information content (AvgIpc) is 2.54. The van der Waals surface area contributed by atoms with E-state index >= 15 is 0 Å². The molecular weight excluding hydrogens is 308 g/mol. The third-order valence-electron chi connectivity index (χ3n) is 3.15. The number of aromatic nitrogens is 2. The zero-order valence-electron chi connectivity index (χ0n) is 13.9. The summed E-state index contributed by atoms with van der Waals surface area (Å²) in [7, 11) is 0. The van der Waals surface area contributed by atoms with Gasteiger partial charge in [-0.1, -0.05) is 0 Å². The highest BCUT2D eigenvalue weighted by Gasteiger charge is 2.05. The largest absolute Gasteiger partial charge is 0.394 e. The minimum absolute atomic E-state index is 0.0212. The Kier molecular flexibility index (Phi) is 6.65. The van der Waals surface area contributed by atoms with Crippen molar-refractivity contribution < 1.29 is 14.6 Å². The zero-order valence-corrected chi connectivity index (χ0v) is 13.9. The summed E-state index contributed by atoms with van der Waals surface area (Å²) < 4.78 is 5.09. The minimum atomic E-state index is -0.170. The molecule has 0 saturated carbocycles. The van der Waals surface area contributed by atoms with Gasteiger partial charge in [-0.05, 0) is 44.2 Å². The van der Waals surface area contributed by atoms with Crippen LogP contribution in [-0.4, -0.2) is 47.3 Å². The average molecular weight is 330 g/mol. The molecule has 0 aliphatic rings. The Hall–Kier alpha value is -2.51. The molecule has 0 spiro atoms. The topological polar surface area (TPSA) is 96.4 Å². The first kappa shape index (κ1) is 17.8. The lowest BCUT2D eigenvalue weighted by atomic mass is 10.2. The van der Waals surface area contributed by atoms with Crippen LogP contribution in [-0.2, 0) is 4.74 Å². The number of nitrogens with zero attached hydrogens (tertiary/aromatic N) is 2. The molecule has 2 aromatic rings. The molecular formula is C17H22N4O3. The lowest BCUT2D eigenvalue weighted by Crippen LogP contribution is -2.27. The van der Waals surface area contributed by atoms with Crippen LogP contribution in [0.3, 0.4) is 0 Å². The normalized spacial score (nSPS) is 10.5. The molecule has 0 aliphatic carbocycles. The molecule has 0 aliphatic heterocycles. The fraction of sp³-hybridized carbons (Fsp3) is 0.353. The first-order chi connectivity index (χ1) is 11.6. The molecule has 0 radical (unpaired) electrons. The van der Waals surface area contributed by atoms with Gasteiger partial charge in [-0.2, -0.15) is 0 Å². The summed E-state index contributed by atoms with van der Waals surface area (Å²) >= 11 is 0. The van der Waals surface area contributed by atoms with Crippen LogP contribution < -0.4 is 10.6 Å². The van der Waals surface area contributed by atoms with Crippen molar-refractivity contribution in [2.24, 2.45) is 0 Å².